The van der Waals surface area contributed by atoms with Gasteiger partial charge in [0.1, 0.15) is 17.3 Å². The van der Waals surface area contributed by atoms with Crippen LogP contribution in [-0.2, 0) is 6.42 Å². The van der Waals surface area contributed by atoms with E-state index in [1.54, 1.807) is 6.08 Å². The van der Waals surface area contributed by atoms with Gasteiger partial charge in [-0.05, 0) is 43.9 Å². The van der Waals surface area contributed by atoms with Crippen LogP contribution in [0.5, 0.6) is 11.5 Å². The fourth-order valence-electron chi connectivity index (χ4n) is 2.62. The van der Waals surface area contributed by atoms with E-state index in [9.17, 15) is 10.2 Å². The van der Waals surface area contributed by atoms with Crippen molar-refractivity contribution in [3.8, 4) is 11.5 Å². The monoisotopic (exact) mass is 232 g/mol. The highest BCUT2D eigenvalue weighted by Crippen LogP contribution is 2.49. The van der Waals surface area contributed by atoms with Crippen molar-refractivity contribution in [3.63, 3.8) is 0 Å². The molecule has 2 N–H and O–H groups in total. The lowest BCUT2D eigenvalue weighted by Crippen LogP contribution is -2.29. The van der Waals surface area contributed by atoms with Gasteiger partial charge in [-0.2, -0.15) is 0 Å². The molecule has 1 atom stereocenters. The molecule has 3 rings (SSSR count). The lowest BCUT2D eigenvalue weighted by molar-refractivity contribution is 0.135. The van der Waals surface area contributed by atoms with Crippen molar-refractivity contribution in [2.75, 3.05) is 0 Å². The Balaban J connectivity index is 2.14. The Kier molecular flexibility index (Phi) is 1.84. The van der Waals surface area contributed by atoms with Gasteiger partial charge in [-0.15, -0.1) is 0 Å². The maximum Gasteiger partial charge on any atom is 0.187 e. The summed E-state index contributed by atoms with van der Waals surface area (Å²) < 4.78 is 5.94. The maximum absolute atomic E-state index is 10.0. The molecular formula is C14H16O3. The van der Waals surface area contributed by atoms with Crippen LogP contribution < -0.4 is 4.74 Å². The summed E-state index contributed by atoms with van der Waals surface area (Å²) in [6.45, 7) is 5.76. The molecule has 1 heterocycles. The van der Waals surface area contributed by atoms with Crippen LogP contribution in [0.25, 0.3) is 0 Å². The molecule has 2 aliphatic rings. The lowest BCUT2D eigenvalue weighted by atomic mass is 9.90. The zero-order valence-electron chi connectivity index (χ0n) is 10.3. The highest BCUT2D eigenvalue weighted by atomic mass is 16.5. The fourth-order valence-corrected chi connectivity index (χ4v) is 2.62. The van der Waals surface area contributed by atoms with Crippen LogP contribution in [0.2, 0.25) is 0 Å². The lowest BCUT2D eigenvalue weighted by Gasteiger charge is -2.30. The summed E-state index contributed by atoms with van der Waals surface area (Å²) in [5.74, 6) is 1.55. The van der Waals surface area contributed by atoms with Gasteiger partial charge in [-0.3, -0.25) is 0 Å². The van der Waals surface area contributed by atoms with E-state index in [0.717, 1.165) is 40.8 Å². The van der Waals surface area contributed by atoms with Crippen LogP contribution in [0, 0.1) is 20.8 Å². The van der Waals surface area contributed by atoms with E-state index in [1.165, 1.54) is 0 Å². The summed E-state index contributed by atoms with van der Waals surface area (Å²) in [6.07, 6.45) is 3.35. The molecule has 0 radical (unpaired) electrons. The Morgan fingerprint density at radius 1 is 1.12 bits per heavy atom. The molecule has 3 heteroatoms. The largest absolute Gasteiger partial charge is 0.508 e. The van der Waals surface area contributed by atoms with Crippen LogP contribution in [0.15, 0.2) is 11.8 Å². The second kappa shape index (κ2) is 2.97. The Morgan fingerprint density at radius 3 is 2.35 bits per heavy atom. The SMILES string of the molecule is Cc1c(C)c2c(c(C)c1O)CCC1(C=C1O)O2. The van der Waals surface area contributed by atoms with Crippen molar-refractivity contribution in [2.45, 2.75) is 39.2 Å². The van der Waals surface area contributed by atoms with Gasteiger partial charge in [0.05, 0.1) is 0 Å². The van der Waals surface area contributed by atoms with Crippen molar-refractivity contribution in [2.24, 2.45) is 0 Å². The molecule has 1 aromatic rings. The van der Waals surface area contributed by atoms with E-state index in [0.29, 0.717) is 11.5 Å². The number of fused-ring (bicyclic) bond motifs is 1. The van der Waals surface area contributed by atoms with Gasteiger partial charge in [0.15, 0.2) is 5.60 Å². The van der Waals surface area contributed by atoms with E-state index >= 15 is 0 Å². The third-order valence-electron chi connectivity index (χ3n) is 4.09. The second-order valence-electron chi connectivity index (χ2n) is 5.05. The minimum atomic E-state index is -0.534. The maximum atomic E-state index is 10.0. The minimum absolute atomic E-state index is 0.339. The molecule has 0 bridgehead atoms. The standard InChI is InChI=1S/C14H16O3/c1-7-8(2)13-10(9(3)12(7)16)4-5-14(17-13)6-11(14)15/h6,15-16H,4-5H2,1-3H3. The number of phenols is 1. The van der Waals surface area contributed by atoms with Crippen molar-refractivity contribution in [1.29, 1.82) is 0 Å². The number of aliphatic hydroxyl groups is 1. The molecule has 0 saturated heterocycles. The normalized spacial score (nSPS) is 25.2. The first-order valence-corrected chi connectivity index (χ1v) is 5.89. The molecule has 90 valence electrons. The van der Waals surface area contributed by atoms with E-state index in [4.69, 9.17) is 4.74 Å². The van der Waals surface area contributed by atoms with Gasteiger partial charge in [-0.25, -0.2) is 0 Å². The van der Waals surface area contributed by atoms with E-state index in [1.807, 2.05) is 20.8 Å². The highest BCUT2D eigenvalue weighted by molar-refractivity contribution is 5.60. The molecule has 3 nitrogen and oxygen atoms in total. The predicted molar refractivity (Wildman–Crippen MR) is 64.7 cm³/mol. The number of ether oxygens (including phenoxy) is 1. The molecule has 0 aromatic heterocycles. The summed E-state index contributed by atoms with van der Waals surface area (Å²) in [6, 6.07) is 0. The van der Waals surface area contributed by atoms with Crippen molar-refractivity contribution in [1.82, 2.24) is 0 Å². The molecule has 1 unspecified atom stereocenters. The summed E-state index contributed by atoms with van der Waals surface area (Å²) in [7, 11) is 0. The topological polar surface area (TPSA) is 49.7 Å². The Morgan fingerprint density at radius 2 is 1.76 bits per heavy atom. The Hall–Kier alpha value is -1.64. The third kappa shape index (κ3) is 1.22. The third-order valence-corrected chi connectivity index (χ3v) is 4.09. The molecule has 1 aliphatic carbocycles. The molecule has 0 amide bonds. The fraction of sp³-hybridized carbons (Fsp3) is 0.429. The van der Waals surface area contributed by atoms with Crippen molar-refractivity contribution in [3.05, 3.63) is 34.1 Å². The Bertz CT molecular complexity index is 557. The van der Waals surface area contributed by atoms with E-state index < -0.39 is 5.60 Å². The van der Waals surface area contributed by atoms with Gasteiger partial charge in [0.25, 0.3) is 0 Å². The minimum Gasteiger partial charge on any atom is -0.508 e. The smallest absolute Gasteiger partial charge is 0.187 e. The van der Waals surface area contributed by atoms with Crippen LogP contribution in [0.3, 0.4) is 0 Å². The number of hydrogen-bond donors (Lipinski definition) is 2. The summed E-state index contributed by atoms with van der Waals surface area (Å²) in [5.41, 5.74) is 3.27. The van der Waals surface area contributed by atoms with Gasteiger partial charge in [-0.1, -0.05) is 0 Å². The average molecular weight is 232 g/mol. The van der Waals surface area contributed by atoms with Crippen LogP contribution in [-0.4, -0.2) is 15.8 Å². The van der Waals surface area contributed by atoms with Crippen LogP contribution >= 0.6 is 0 Å². The van der Waals surface area contributed by atoms with E-state index in [-0.39, 0.29) is 0 Å². The van der Waals surface area contributed by atoms with Gasteiger partial charge >= 0.3 is 0 Å². The number of phenolic OH excluding ortho intramolecular Hbond substituents is 1. The first kappa shape index (κ1) is 10.5. The number of aromatic hydroxyl groups is 1. The first-order valence-electron chi connectivity index (χ1n) is 5.89. The molecule has 1 aromatic carbocycles. The van der Waals surface area contributed by atoms with Gasteiger partial charge in [0, 0.05) is 18.1 Å². The molecule has 17 heavy (non-hydrogen) atoms. The number of aliphatic hydroxyl groups excluding tert-OH is 1. The van der Waals surface area contributed by atoms with E-state index in [2.05, 4.69) is 0 Å². The van der Waals surface area contributed by atoms with Crippen LogP contribution in [0.1, 0.15) is 28.7 Å². The highest BCUT2D eigenvalue weighted by Gasteiger charge is 2.50. The zero-order valence-corrected chi connectivity index (χ0v) is 10.3. The molecule has 1 aliphatic heterocycles. The number of hydrogen-bond acceptors (Lipinski definition) is 3. The first-order chi connectivity index (χ1) is 7.96. The van der Waals surface area contributed by atoms with Gasteiger partial charge < -0.3 is 14.9 Å². The van der Waals surface area contributed by atoms with Crippen LogP contribution in [0.4, 0.5) is 0 Å². The number of benzene rings is 1. The second-order valence-corrected chi connectivity index (χ2v) is 5.05. The average Bonchev–Trinajstić information content (AvgIpc) is 2.93. The number of rotatable bonds is 0. The quantitative estimate of drug-likeness (QED) is 0.723. The Labute approximate surface area is 100 Å². The van der Waals surface area contributed by atoms with Crippen molar-refractivity contribution < 1.29 is 14.9 Å². The summed E-state index contributed by atoms with van der Waals surface area (Å²) >= 11 is 0. The summed E-state index contributed by atoms with van der Waals surface area (Å²) in [5, 5.41) is 19.6. The predicted octanol–water partition coefficient (Wildman–Crippen LogP) is 2.84. The molecular weight excluding hydrogens is 216 g/mol. The molecule has 1 spiro atoms. The van der Waals surface area contributed by atoms with Crippen molar-refractivity contribution >= 4 is 0 Å². The zero-order chi connectivity index (χ0) is 12.4. The molecule has 0 fully saturated rings. The molecule has 0 saturated carbocycles. The summed E-state index contributed by atoms with van der Waals surface area (Å²) in [4.78, 5) is 0. The van der Waals surface area contributed by atoms with Gasteiger partial charge in [0.2, 0.25) is 0 Å².